The minimum Gasteiger partial charge on any atom is -1.00 e. The van der Waals surface area contributed by atoms with Gasteiger partial charge in [-0.1, -0.05) is 206 Å². The van der Waals surface area contributed by atoms with Gasteiger partial charge in [0.2, 0.25) is 0 Å². The number of fused-ring (bicyclic) bond motifs is 9. The minimum atomic E-state index is -10.7. The van der Waals surface area contributed by atoms with Gasteiger partial charge in [-0.15, -0.1) is 0 Å². The summed E-state index contributed by atoms with van der Waals surface area (Å²) in [5.41, 5.74) is 17.1. The second-order valence-corrected chi connectivity index (χ2v) is 30.8. The number of hydrogen-bond donors (Lipinski definition) is 0. The third-order valence-electron chi connectivity index (χ3n) is 14.5. The molecular formula is C75H58ClF12KOP2S3. The van der Waals surface area contributed by atoms with Crippen molar-refractivity contribution in [1.29, 1.82) is 0 Å². The van der Waals surface area contributed by atoms with Crippen LogP contribution in [0.15, 0.2) is 355 Å². The van der Waals surface area contributed by atoms with Crippen LogP contribution in [-0.4, -0.2) is 4.21 Å². The van der Waals surface area contributed by atoms with Crippen LogP contribution in [0.4, 0.5) is 50.4 Å². The maximum atomic E-state index is 12.0. The van der Waals surface area contributed by atoms with Crippen molar-refractivity contribution in [3.63, 3.8) is 0 Å². The van der Waals surface area contributed by atoms with Crippen LogP contribution in [0.3, 0.4) is 0 Å². The maximum absolute atomic E-state index is 12.0. The van der Waals surface area contributed by atoms with E-state index >= 15 is 0 Å². The van der Waals surface area contributed by atoms with Crippen molar-refractivity contribution in [1.82, 2.24) is 0 Å². The van der Waals surface area contributed by atoms with Crippen molar-refractivity contribution in [2.24, 2.45) is 0 Å². The van der Waals surface area contributed by atoms with E-state index in [2.05, 4.69) is 255 Å². The molecule has 0 aliphatic heterocycles. The molecule has 20 heteroatoms. The Labute approximate surface area is 601 Å². The molecule has 0 heterocycles. The van der Waals surface area contributed by atoms with Crippen LogP contribution in [0.5, 0.6) is 0 Å². The Morgan fingerprint density at radius 1 is 0.242 bits per heavy atom. The predicted molar refractivity (Wildman–Crippen MR) is 359 cm³/mol. The molecule has 12 aromatic rings. The summed E-state index contributed by atoms with van der Waals surface area (Å²) in [5, 5.41) is 0. The first-order valence-corrected chi connectivity index (χ1v) is 36.6. The fraction of sp³-hybridized carbons (Fsp3) is 0.0400. The molecule has 0 amide bonds. The maximum Gasteiger partial charge on any atom is 1.00 e. The summed E-state index contributed by atoms with van der Waals surface area (Å²) in [4.78, 5) is 9.96. The molecule has 3 aliphatic carbocycles. The minimum absolute atomic E-state index is 0. The van der Waals surface area contributed by atoms with Crippen LogP contribution in [0.25, 0.3) is 33.4 Å². The summed E-state index contributed by atoms with van der Waals surface area (Å²) >= 11 is 0. The van der Waals surface area contributed by atoms with E-state index in [0.29, 0.717) is 0 Å². The van der Waals surface area contributed by atoms with E-state index in [1.807, 2.05) is 60.7 Å². The predicted octanol–water partition coefficient (Wildman–Crippen LogP) is 19.6. The Hall–Kier alpha value is -6.56. The van der Waals surface area contributed by atoms with Gasteiger partial charge in [0, 0.05) is 9.79 Å². The molecule has 12 aromatic carbocycles. The summed E-state index contributed by atoms with van der Waals surface area (Å²) in [7, 11) is -22.5. The molecule has 0 N–H and O–H groups in total. The van der Waals surface area contributed by atoms with Gasteiger partial charge in [0.1, 0.15) is 0 Å². The van der Waals surface area contributed by atoms with Crippen LogP contribution >= 0.6 is 15.6 Å². The zero-order valence-electron chi connectivity index (χ0n) is 50.6. The first-order valence-electron chi connectivity index (χ1n) is 28.9. The van der Waals surface area contributed by atoms with E-state index in [4.69, 9.17) is 0 Å². The first-order chi connectivity index (χ1) is 44.0. The molecular weight excluding hydrogens is 1380 g/mol. The standard InChI is InChI=1S/2C25H19S.C13H10.C12H10OS.ClH.2F6P.K/c2*1-3-10-21(11-4-1)26(22-12-5-2-6-13-22)23-15-16-25-20(18-23)17-19-9-7-8-14-24(19)25;1-3-7-12-10(5-1)9-11-6-2-4-8-13(11)12;13-14(11-7-3-1-4-8-11)12-9-5-2-6-10-12;;2*1-7(2,3,4,5)6;/h2*1-16,18H,17H2;1-8H,9H2;1-10H;1H;;;/q2*+1;;;;2*-1;+1/p-1. The molecule has 0 atom stereocenters. The van der Waals surface area contributed by atoms with E-state index in [9.17, 15) is 54.6 Å². The molecule has 0 aromatic heterocycles. The van der Waals surface area contributed by atoms with Gasteiger partial charge < -0.3 is 12.4 Å². The van der Waals surface area contributed by atoms with Crippen LogP contribution in [0.1, 0.15) is 33.4 Å². The van der Waals surface area contributed by atoms with Crippen molar-refractivity contribution in [2.45, 2.75) is 58.4 Å². The summed E-state index contributed by atoms with van der Waals surface area (Å²) < 4.78 is 130. The molecule has 0 fully saturated rings. The van der Waals surface area contributed by atoms with E-state index in [-0.39, 0.29) is 85.6 Å². The normalized spacial score (nSPS) is 13.2. The molecule has 1 nitrogen and oxygen atoms in total. The Bertz CT molecular complexity index is 4170. The quantitative estimate of drug-likeness (QED) is 0.0641. The van der Waals surface area contributed by atoms with Gasteiger partial charge in [0.05, 0.1) is 32.6 Å². The molecule has 484 valence electrons. The van der Waals surface area contributed by atoms with Gasteiger partial charge in [-0.2, -0.15) is 0 Å². The Morgan fingerprint density at radius 3 is 0.674 bits per heavy atom. The van der Waals surface area contributed by atoms with Crippen molar-refractivity contribution in [3.8, 4) is 33.4 Å². The Balaban J connectivity index is 0.000000156. The van der Waals surface area contributed by atoms with Crippen molar-refractivity contribution in [2.75, 3.05) is 0 Å². The largest absolute Gasteiger partial charge is 1.00 e. The fourth-order valence-corrected chi connectivity index (χ4v) is 16.2. The summed E-state index contributed by atoms with van der Waals surface area (Å²) in [6.07, 6.45) is 3.19. The van der Waals surface area contributed by atoms with Crippen LogP contribution in [0, 0.1) is 0 Å². The third-order valence-corrected chi connectivity index (χ3v) is 20.4. The smallest absolute Gasteiger partial charge is 1.00 e. The van der Waals surface area contributed by atoms with Crippen LogP contribution in [-0.2, 0) is 51.9 Å². The molecule has 0 saturated carbocycles. The second-order valence-electron chi connectivity index (χ2n) is 21.5. The zero-order chi connectivity index (χ0) is 66.0. The number of hydrogen-bond acceptors (Lipinski definition) is 1. The average molecular weight is 1440 g/mol. The number of halogens is 13. The summed E-state index contributed by atoms with van der Waals surface area (Å²) in [6.45, 7) is 0. The molecule has 95 heavy (non-hydrogen) atoms. The summed E-state index contributed by atoms with van der Waals surface area (Å²) in [6, 6.07) is 111. The molecule has 0 radical (unpaired) electrons. The molecule has 0 unspecified atom stereocenters. The molecule has 3 aliphatic rings. The van der Waals surface area contributed by atoms with Gasteiger partial charge in [-0.25, -0.2) is 4.21 Å². The zero-order valence-corrected chi connectivity index (χ0v) is 58.7. The van der Waals surface area contributed by atoms with Crippen LogP contribution < -0.4 is 63.8 Å². The van der Waals surface area contributed by atoms with Crippen molar-refractivity contribution < 1.29 is 118 Å². The fourth-order valence-electron chi connectivity index (χ4n) is 10.8. The molecule has 0 bridgehead atoms. The number of rotatable bonds is 8. The van der Waals surface area contributed by atoms with Crippen molar-refractivity contribution in [3.05, 3.63) is 349 Å². The van der Waals surface area contributed by atoms with E-state index in [1.165, 1.54) is 96.1 Å². The average Bonchev–Trinajstić information content (AvgIpc) is 1.35. The Morgan fingerprint density at radius 2 is 0.432 bits per heavy atom. The Kier molecular flexibility index (Phi) is 23.5. The topological polar surface area (TPSA) is 17.1 Å². The van der Waals surface area contributed by atoms with Gasteiger partial charge >= 0.3 is 117 Å². The van der Waals surface area contributed by atoms with Crippen LogP contribution in [0.2, 0.25) is 0 Å². The second kappa shape index (κ2) is 30.1. The third kappa shape index (κ3) is 22.8. The van der Waals surface area contributed by atoms with E-state index < -0.39 is 26.4 Å². The number of benzene rings is 12. The van der Waals surface area contributed by atoms with Gasteiger partial charge in [0.15, 0.2) is 29.4 Å². The van der Waals surface area contributed by atoms with Crippen molar-refractivity contribution >= 4 is 48.2 Å². The van der Waals surface area contributed by atoms with E-state index in [0.717, 1.165) is 29.1 Å². The van der Waals surface area contributed by atoms with Gasteiger partial charge in [-0.05, 0) is 195 Å². The molecule has 15 rings (SSSR count). The monoisotopic (exact) mass is 1430 g/mol. The molecule has 0 saturated heterocycles. The van der Waals surface area contributed by atoms with E-state index in [1.54, 1.807) is 0 Å². The van der Waals surface area contributed by atoms with Gasteiger partial charge in [-0.3, -0.25) is 0 Å². The molecule has 0 spiro atoms. The first kappa shape index (κ1) is 74.2. The SMILES string of the molecule is F[P-](F)(F)(F)(F)F.F[P-](F)(F)(F)(F)F.O=S(c1ccccc1)c1ccccc1.[Cl-].[K+].c1ccc([S+](c2ccccc2)c2ccc3c(c2)Cc2ccccc2-3)cc1.c1ccc([S+](c2ccccc2)c2ccc3c(c2)Cc2ccccc2-3)cc1.c1ccc2c(c1)Cc1ccccc1-2. The summed E-state index contributed by atoms with van der Waals surface area (Å²) in [5.74, 6) is 0. The van der Waals surface area contributed by atoms with Gasteiger partial charge in [0.25, 0.3) is 0 Å².